The second-order valence-electron chi connectivity index (χ2n) is 13.0. The number of benzene rings is 8. The molecule has 9 aromatic rings. The van der Waals surface area contributed by atoms with Crippen LogP contribution in [0, 0.1) is 5.41 Å². The van der Waals surface area contributed by atoms with Crippen LogP contribution in [0.2, 0.25) is 0 Å². The molecule has 2 heteroatoms. The number of hydrogen-bond acceptors (Lipinski definition) is 2. The Morgan fingerprint density at radius 1 is 0.373 bits per heavy atom. The van der Waals surface area contributed by atoms with E-state index in [9.17, 15) is 5.41 Å². The summed E-state index contributed by atoms with van der Waals surface area (Å²) in [6.07, 6.45) is 2.01. The average Bonchev–Trinajstić information content (AvgIpc) is 3.56. The Morgan fingerprint density at radius 2 is 0.882 bits per heavy atom. The van der Waals surface area contributed by atoms with Crippen molar-refractivity contribution >= 4 is 53.6 Å². The maximum atomic E-state index is 9.27. The van der Waals surface area contributed by atoms with Gasteiger partial charge in [-0.05, 0) is 97.3 Å². The van der Waals surface area contributed by atoms with E-state index in [0.717, 1.165) is 33.4 Å². The van der Waals surface area contributed by atoms with Crippen LogP contribution in [0.15, 0.2) is 194 Å². The monoisotopic (exact) mass is 667 g/mol. The third-order valence-corrected chi connectivity index (χ3v) is 10.8. The molecular weight excluding hydrogens is 635 g/mol. The van der Waals surface area contributed by atoms with E-state index < -0.39 is 0 Å². The maximum absolute atomic E-state index is 9.27. The molecule has 0 saturated heterocycles. The lowest BCUT2D eigenvalue weighted by atomic mass is 9.92. The van der Waals surface area contributed by atoms with Gasteiger partial charge in [0.05, 0.1) is 5.71 Å². The lowest BCUT2D eigenvalue weighted by Gasteiger charge is -2.12. The predicted molar refractivity (Wildman–Crippen MR) is 220 cm³/mol. The van der Waals surface area contributed by atoms with E-state index in [2.05, 4.69) is 170 Å². The fraction of sp³-hybridized carbons (Fsp3) is 0. The summed E-state index contributed by atoms with van der Waals surface area (Å²) in [5.74, 6) is 0. The first-order chi connectivity index (χ1) is 25.2. The zero-order valence-corrected chi connectivity index (χ0v) is 28.7. The summed E-state index contributed by atoms with van der Waals surface area (Å²) in [6.45, 7) is 0. The fourth-order valence-corrected chi connectivity index (χ4v) is 8.21. The molecule has 0 radical (unpaired) electrons. The minimum absolute atomic E-state index is 0.474. The number of hydrogen-bond donors (Lipinski definition) is 1. The molecule has 8 aromatic carbocycles. The molecule has 1 nitrogen and oxygen atoms in total. The Labute approximate surface area is 301 Å². The smallest absolute Gasteiger partial charge is 0.0618 e. The van der Waals surface area contributed by atoms with Crippen LogP contribution in [0.1, 0.15) is 16.7 Å². The minimum Gasteiger partial charge on any atom is -0.300 e. The molecule has 1 heterocycles. The molecule has 0 aliphatic heterocycles. The first-order valence-electron chi connectivity index (χ1n) is 17.2. The predicted octanol–water partition coefficient (Wildman–Crippen LogP) is 13.7. The second-order valence-corrected chi connectivity index (χ2v) is 14.0. The van der Waals surface area contributed by atoms with Gasteiger partial charge in [-0.25, -0.2) is 0 Å². The van der Waals surface area contributed by atoms with Crippen molar-refractivity contribution in [3.63, 3.8) is 0 Å². The van der Waals surface area contributed by atoms with Gasteiger partial charge in [-0.3, -0.25) is 0 Å². The van der Waals surface area contributed by atoms with Crippen LogP contribution >= 0.6 is 11.3 Å². The molecule has 0 bridgehead atoms. The van der Waals surface area contributed by atoms with E-state index in [4.69, 9.17) is 0 Å². The van der Waals surface area contributed by atoms with Crippen molar-refractivity contribution in [2.75, 3.05) is 0 Å². The van der Waals surface area contributed by atoms with Crippen LogP contribution in [0.25, 0.3) is 69.9 Å². The van der Waals surface area contributed by atoms with Crippen molar-refractivity contribution in [3.05, 3.63) is 211 Å². The Bertz CT molecular complexity index is 2740. The van der Waals surface area contributed by atoms with Gasteiger partial charge >= 0.3 is 0 Å². The highest BCUT2D eigenvalue weighted by molar-refractivity contribution is 7.25. The van der Waals surface area contributed by atoms with Crippen molar-refractivity contribution in [1.29, 1.82) is 5.41 Å². The number of thiophene rings is 1. The van der Waals surface area contributed by atoms with E-state index in [0.29, 0.717) is 5.71 Å². The number of rotatable bonds is 7. The Morgan fingerprint density at radius 3 is 1.63 bits per heavy atom. The van der Waals surface area contributed by atoms with Crippen molar-refractivity contribution < 1.29 is 0 Å². The third-order valence-electron chi connectivity index (χ3n) is 9.72. The molecule has 240 valence electrons. The Hall–Kier alpha value is -6.35. The molecule has 1 N–H and O–H groups in total. The molecule has 9 rings (SSSR count). The third kappa shape index (κ3) is 6.07. The molecule has 51 heavy (non-hydrogen) atoms. The highest BCUT2D eigenvalue weighted by Crippen LogP contribution is 2.39. The van der Waals surface area contributed by atoms with E-state index in [1.165, 1.54) is 53.2 Å². The quantitative estimate of drug-likeness (QED) is 0.164. The van der Waals surface area contributed by atoms with Gasteiger partial charge in [0.25, 0.3) is 0 Å². The summed E-state index contributed by atoms with van der Waals surface area (Å²) >= 11 is 1.86. The largest absolute Gasteiger partial charge is 0.300 e. The molecule has 0 fully saturated rings. The maximum Gasteiger partial charge on any atom is 0.0618 e. The van der Waals surface area contributed by atoms with Gasteiger partial charge in [0.2, 0.25) is 0 Å². The number of fused-ring (bicyclic) bond motifs is 4. The molecule has 0 amide bonds. The fourth-order valence-electron chi connectivity index (χ4n) is 7.04. The highest BCUT2D eigenvalue weighted by Gasteiger charge is 2.12. The summed E-state index contributed by atoms with van der Waals surface area (Å²) < 4.78 is 2.62. The van der Waals surface area contributed by atoms with Crippen LogP contribution in [-0.2, 0) is 0 Å². The van der Waals surface area contributed by atoms with Gasteiger partial charge in [0.15, 0.2) is 0 Å². The standard InChI is InChI=1S/C49H33NS/c50-47(32-45(35-13-5-2-6-14-35)36-23-21-34(22-24-36)33-11-3-1-4-12-33)43-20-10-19-39(28-43)37-17-9-18-38(27-37)42-25-26-44-46-29-40-15-7-8-16-41(40)30-49(46)51-48(44)31-42/h1-32,50H/b45-32+,50-47?. The molecule has 0 atom stereocenters. The molecule has 0 saturated carbocycles. The average molecular weight is 668 g/mol. The van der Waals surface area contributed by atoms with Crippen molar-refractivity contribution in [2.45, 2.75) is 0 Å². The topological polar surface area (TPSA) is 23.9 Å². The first kappa shape index (κ1) is 30.7. The molecule has 0 spiro atoms. The lowest BCUT2D eigenvalue weighted by molar-refractivity contribution is 1.48. The van der Waals surface area contributed by atoms with Crippen molar-refractivity contribution in [2.24, 2.45) is 0 Å². The lowest BCUT2D eigenvalue weighted by Crippen LogP contribution is -1.99. The molecule has 0 unspecified atom stereocenters. The molecule has 0 aliphatic rings. The molecular formula is C49H33NS. The van der Waals surface area contributed by atoms with Crippen LogP contribution in [0.3, 0.4) is 0 Å². The van der Waals surface area contributed by atoms with Gasteiger partial charge in [-0.15, -0.1) is 11.3 Å². The van der Waals surface area contributed by atoms with E-state index in [1.54, 1.807) is 0 Å². The van der Waals surface area contributed by atoms with Gasteiger partial charge < -0.3 is 5.41 Å². The SMILES string of the molecule is N=C(/C=C(\c1ccccc1)c1ccc(-c2ccccc2)cc1)c1cccc(-c2cccc(-c3ccc4c(c3)sc3cc5ccccc5cc34)c2)c1. The van der Waals surface area contributed by atoms with Gasteiger partial charge in [0, 0.05) is 25.7 Å². The van der Waals surface area contributed by atoms with E-state index in [1.807, 2.05) is 35.6 Å². The second kappa shape index (κ2) is 13.2. The van der Waals surface area contributed by atoms with Crippen LogP contribution in [0.4, 0.5) is 0 Å². The van der Waals surface area contributed by atoms with Gasteiger partial charge in [-0.1, -0.05) is 158 Å². The number of allylic oxidation sites excluding steroid dienone is 1. The zero-order chi connectivity index (χ0) is 34.1. The first-order valence-corrected chi connectivity index (χ1v) is 18.1. The summed E-state index contributed by atoms with van der Waals surface area (Å²) in [6, 6.07) is 66.7. The summed E-state index contributed by atoms with van der Waals surface area (Å²) in [5, 5.41) is 14.5. The van der Waals surface area contributed by atoms with Gasteiger partial charge in [-0.2, -0.15) is 0 Å². The summed E-state index contributed by atoms with van der Waals surface area (Å²) in [5.41, 5.74) is 11.5. The minimum atomic E-state index is 0.474. The van der Waals surface area contributed by atoms with Crippen molar-refractivity contribution in [3.8, 4) is 33.4 Å². The summed E-state index contributed by atoms with van der Waals surface area (Å²) in [4.78, 5) is 0. The van der Waals surface area contributed by atoms with Crippen LogP contribution < -0.4 is 0 Å². The Kier molecular flexibility index (Phi) is 7.92. The van der Waals surface area contributed by atoms with E-state index in [-0.39, 0.29) is 0 Å². The molecule has 0 aliphatic carbocycles. The zero-order valence-electron chi connectivity index (χ0n) is 27.9. The molecule has 1 aromatic heterocycles. The van der Waals surface area contributed by atoms with Crippen LogP contribution in [0.5, 0.6) is 0 Å². The summed E-state index contributed by atoms with van der Waals surface area (Å²) in [7, 11) is 0. The highest BCUT2D eigenvalue weighted by atomic mass is 32.1. The van der Waals surface area contributed by atoms with Crippen LogP contribution in [-0.4, -0.2) is 5.71 Å². The normalized spacial score (nSPS) is 11.7. The number of nitrogens with one attached hydrogen (secondary N) is 1. The van der Waals surface area contributed by atoms with E-state index >= 15 is 0 Å². The Balaban J connectivity index is 1.03. The van der Waals surface area contributed by atoms with Crippen molar-refractivity contribution in [1.82, 2.24) is 0 Å². The van der Waals surface area contributed by atoms with Gasteiger partial charge in [0.1, 0.15) is 0 Å².